The van der Waals surface area contributed by atoms with Crippen LogP contribution in [-0.4, -0.2) is 24.9 Å². The molecule has 0 bridgehead atoms. The summed E-state index contributed by atoms with van der Waals surface area (Å²) in [5.41, 5.74) is 1.02. The molecule has 1 saturated heterocycles. The molecule has 1 heterocycles. The van der Waals surface area contributed by atoms with E-state index in [1.165, 1.54) is 24.3 Å². The fourth-order valence-electron chi connectivity index (χ4n) is 4.11. The van der Waals surface area contributed by atoms with Gasteiger partial charge in [-0.1, -0.05) is 60.2 Å². The summed E-state index contributed by atoms with van der Waals surface area (Å²) in [5, 5.41) is 9.65. The fraction of sp³-hybridized carbons (Fsp3) is 0.280. The van der Waals surface area contributed by atoms with Crippen molar-refractivity contribution in [2.24, 2.45) is 0 Å². The summed E-state index contributed by atoms with van der Waals surface area (Å²) in [6.45, 7) is 1.83. The second kappa shape index (κ2) is 8.93. The maximum absolute atomic E-state index is 13.5. The normalized spacial score (nSPS) is 23.9. The molecule has 4 rings (SSSR count). The van der Waals surface area contributed by atoms with Crippen LogP contribution in [0.15, 0.2) is 83.8 Å². The number of sulfone groups is 1. The molecule has 4 nitrogen and oxygen atoms in total. The lowest BCUT2D eigenvalue weighted by Crippen LogP contribution is -2.42. The van der Waals surface area contributed by atoms with Crippen LogP contribution in [0.25, 0.3) is 0 Å². The Morgan fingerprint density at radius 3 is 2.00 bits per heavy atom. The summed E-state index contributed by atoms with van der Waals surface area (Å²) in [6.07, 6.45) is -7.62. The van der Waals surface area contributed by atoms with E-state index in [0.29, 0.717) is 11.1 Å². The molecule has 0 radical (unpaired) electrons. The number of hydrogen-bond donors (Lipinski definition) is 1. The van der Waals surface area contributed by atoms with Gasteiger partial charge >= 0.3 is 6.18 Å². The molecule has 0 unspecified atom stereocenters. The second-order valence-corrected chi connectivity index (χ2v) is 10.4. The van der Waals surface area contributed by atoms with Crippen LogP contribution in [0.2, 0.25) is 0 Å². The Morgan fingerprint density at radius 2 is 1.42 bits per heavy atom. The topological polar surface area (TPSA) is 63.6 Å². The van der Waals surface area contributed by atoms with Gasteiger partial charge in [0.25, 0.3) is 0 Å². The molecule has 4 atom stereocenters. The number of aliphatic hydroxyl groups excluding tert-OH is 1. The van der Waals surface area contributed by atoms with Gasteiger partial charge in [0.05, 0.1) is 21.8 Å². The molecule has 0 aromatic heterocycles. The molecular formula is C25H23F3O4S. The Balaban J connectivity index is 1.76. The van der Waals surface area contributed by atoms with Crippen molar-refractivity contribution in [3.63, 3.8) is 0 Å². The zero-order chi connectivity index (χ0) is 23.8. The zero-order valence-corrected chi connectivity index (χ0v) is 18.6. The highest BCUT2D eigenvalue weighted by molar-refractivity contribution is 7.92. The van der Waals surface area contributed by atoms with Crippen LogP contribution in [0.5, 0.6) is 0 Å². The third-order valence-corrected chi connectivity index (χ3v) is 8.06. The predicted octanol–water partition coefficient (Wildman–Crippen LogP) is 5.42. The summed E-state index contributed by atoms with van der Waals surface area (Å²) in [4.78, 5) is 0.0731. The molecule has 0 saturated carbocycles. The average Bonchev–Trinajstić information content (AvgIpc) is 2.79. The van der Waals surface area contributed by atoms with E-state index in [9.17, 15) is 26.7 Å². The summed E-state index contributed by atoms with van der Waals surface area (Å²) in [5.74, 6) is 0. The van der Waals surface area contributed by atoms with Gasteiger partial charge in [-0.2, -0.15) is 13.2 Å². The van der Waals surface area contributed by atoms with Crippen LogP contribution in [0.1, 0.15) is 40.9 Å². The number of benzene rings is 3. The number of ether oxygens (including phenoxy) is 1. The van der Waals surface area contributed by atoms with E-state index in [-0.39, 0.29) is 11.3 Å². The molecule has 1 fully saturated rings. The maximum atomic E-state index is 13.5. The van der Waals surface area contributed by atoms with E-state index in [1.54, 1.807) is 42.5 Å². The van der Waals surface area contributed by atoms with Gasteiger partial charge in [0, 0.05) is 0 Å². The molecule has 1 N–H and O–H groups in total. The molecule has 0 spiro atoms. The first kappa shape index (κ1) is 23.5. The highest BCUT2D eigenvalue weighted by Crippen LogP contribution is 2.44. The lowest BCUT2D eigenvalue weighted by atomic mass is 9.92. The predicted molar refractivity (Wildman–Crippen MR) is 117 cm³/mol. The number of halogens is 3. The Hall–Kier alpha value is -2.68. The van der Waals surface area contributed by atoms with Gasteiger partial charge in [-0.25, -0.2) is 8.42 Å². The Bertz CT molecular complexity index is 1190. The SMILES string of the molecule is Cc1ccc(S(=O)(=O)[C@H]2C[C@H](O)[C@@H](c3ccccc3)O[C@H]2c2ccc(C(F)(F)F)cc2)cc1. The summed E-state index contributed by atoms with van der Waals surface area (Å²) >= 11 is 0. The number of rotatable bonds is 4. The third-order valence-electron chi connectivity index (χ3n) is 5.90. The molecule has 174 valence electrons. The van der Waals surface area contributed by atoms with Crippen LogP contribution in [-0.2, 0) is 20.8 Å². The van der Waals surface area contributed by atoms with E-state index in [2.05, 4.69) is 0 Å². The Labute approximate surface area is 190 Å². The fourth-order valence-corrected chi connectivity index (χ4v) is 5.97. The molecule has 1 aliphatic rings. The summed E-state index contributed by atoms with van der Waals surface area (Å²) < 4.78 is 72.4. The van der Waals surface area contributed by atoms with E-state index in [4.69, 9.17) is 4.74 Å². The van der Waals surface area contributed by atoms with Crippen molar-refractivity contribution in [3.05, 3.63) is 101 Å². The minimum Gasteiger partial charge on any atom is -0.390 e. The molecule has 8 heteroatoms. The zero-order valence-electron chi connectivity index (χ0n) is 17.7. The maximum Gasteiger partial charge on any atom is 0.416 e. The summed E-state index contributed by atoms with van der Waals surface area (Å²) in [6, 6.07) is 19.5. The van der Waals surface area contributed by atoms with Crippen LogP contribution < -0.4 is 0 Å². The molecule has 33 heavy (non-hydrogen) atoms. The van der Waals surface area contributed by atoms with Gasteiger partial charge in [-0.05, 0) is 48.7 Å². The minimum atomic E-state index is -4.51. The van der Waals surface area contributed by atoms with Gasteiger partial charge in [-0.3, -0.25) is 0 Å². The smallest absolute Gasteiger partial charge is 0.390 e. The second-order valence-electron chi connectivity index (χ2n) is 8.21. The van der Waals surface area contributed by atoms with Crippen molar-refractivity contribution in [2.75, 3.05) is 0 Å². The standard InChI is InChI=1S/C25H23F3O4S/c1-16-7-13-20(14-8-16)33(30,31)22-15-21(29)23(17-5-3-2-4-6-17)32-24(22)18-9-11-19(12-10-18)25(26,27)28/h2-14,21-24,29H,15H2,1H3/t21-,22-,23+,24-/m0/s1. The van der Waals surface area contributed by atoms with Gasteiger partial charge in [0.15, 0.2) is 9.84 Å². The molecule has 1 aliphatic heterocycles. The van der Waals surface area contributed by atoms with E-state index in [0.717, 1.165) is 17.7 Å². The van der Waals surface area contributed by atoms with Crippen LogP contribution in [0.4, 0.5) is 13.2 Å². The Kier molecular flexibility index (Phi) is 6.35. The molecule has 3 aromatic rings. The first-order chi connectivity index (χ1) is 15.6. The van der Waals surface area contributed by atoms with Crippen molar-refractivity contribution < 1.29 is 31.4 Å². The molecule has 3 aromatic carbocycles. The highest BCUT2D eigenvalue weighted by Gasteiger charge is 2.45. The van der Waals surface area contributed by atoms with E-state index < -0.39 is 45.1 Å². The van der Waals surface area contributed by atoms with Crippen molar-refractivity contribution in [1.29, 1.82) is 0 Å². The largest absolute Gasteiger partial charge is 0.416 e. The molecular weight excluding hydrogens is 453 g/mol. The van der Waals surface area contributed by atoms with E-state index in [1.807, 2.05) is 6.92 Å². The van der Waals surface area contributed by atoms with Gasteiger partial charge in [0.1, 0.15) is 12.2 Å². The number of aryl methyl sites for hydroxylation is 1. The molecule has 0 aliphatic carbocycles. The van der Waals surface area contributed by atoms with Crippen molar-refractivity contribution in [3.8, 4) is 0 Å². The van der Waals surface area contributed by atoms with Crippen LogP contribution >= 0.6 is 0 Å². The first-order valence-electron chi connectivity index (χ1n) is 10.4. The van der Waals surface area contributed by atoms with Crippen LogP contribution in [0.3, 0.4) is 0 Å². The van der Waals surface area contributed by atoms with Crippen LogP contribution in [0, 0.1) is 6.92 Å². The number of alkyl halides is 3. The first-order valence-corrected chi connectivity index (χ1v) is 12.0. The summed E-state index contributed by atoms with van der Waals surface area (Å²) in [7, 11) is -3.96. The van der Waals surface area contributed by atoms with Gasteiger partial charge in [-0.15, -0.1) is 0 Å². The minimum absolute atomic E-state index is 0.0731. The quantitative estimate of drug-likeness (QED) is 0.546. The number of aliphatic hydroxyl groups is 1. The third kappa shape index (κ3) is 4.83. The monoisotopic (exact) mass is 476 g/mol. The van der Waals surface area contributed by atoms with Gasteiger partial charge in [0.2, 0.25) is 0 Å². The lowest BCUT2D eigenvalue weighted by Gasteiger charge is -2.39. The molecule has 0 amide bonds. The highest BCUT2D eigenvalue weighted by atomic mass is 32.2. The lowest BCUT2D eigenvalue weighted by molar-refractivity contribution is -0.137. The van der Waals surface area contributed by atoms with Crippen molar-refractivity contribution >= 4 is 9.84 Å². The van der Waals surface area contributed by atoms with Crippen molar-refractivity contribution in [1.82, 2.24) is 0 Å². The average molecular weight is 477 g/mol. The van der Waals surface area contributed by atoms with Crippen molar-refractivity contribution in [2.45, 2.75) is 48.0 Å². The van der Waals surface area contributed by atoms with E-state index >= 15 is 0 Å². The Morgan fingerprint density at radius 1 is 0.848 bits per heavy atom. The van der Waals surface area contributed by atoms with Gasteiger partial charge < -0.3 is 9.84 Å². The number of hydrogen-bond acceptors (Lipinski definition) is 4.